The zero-order chi connectivity index (χ0) is 11.9. The molecule has 0 fully saturated rings. The maximum Gasteiger partial charge on any atom is 0.0842 e. The Labute approximate surface area is 102 Å². The highest BCUT2D eigenvalue weighted by atomic mass is 16.2. The maximum absolute atomic E-state index is 9.01. The second-order valence-corrected chi connectivity index (χ2v) is 3.83. The molecule has 17 heavy (non-hydrogen) atoms. The molecule has 0 unspecified atom stereocenters. The van der Waals surface area contributed by atoms with Gasteiger partial charge in [0, 0.05) is 6.42 Å². The standard InChI is InChI=1S/C16H15O/c17-12-11-16(15-9-5-2-6-10-15)13-14-7-3-1-4-8-14/h1-10,12-13,17H,11H2. The molecule has 0 atom stereocenters. The lowest BCUT2D eigenvalue weighted by Crippen LogP contribution is -1.85. The maximum atomic E-state index is 9.01. The molecule has 2 aromatic carbocycles. The van der Waals surface area contributed by atoms with Crippen LogP contribution in [0.5, 0.6) is 0 Å². The van der Waals surface area contributed by atoms with Crippen LogP contribution in [0, 0.1) is 6.61 Å². The SMILES string of the molecule is O[CH]CC(=Cc1ccccc1)c1ccccc1. The van der Waals surface area contributed by atoms with Crippen LogP contribution in [0.25, 0.3) is 11.6 Å². The summed E-state index contributed by atoms with van der Waals surface area (Å²) < 4.78 is 0. The molecule has 1 N–H and O–H groups in total. The monoisotopic (exact) mass is 223 g/mol. The fraction of sp³-hybridized carbons (Fsp3) is 0.0625. The van der Waals surface area contributed by atoms with Gasteiger partial charge in [-0.2, -0.15) is 0 Å². The van der Waals surface area contributed by atoms with Crippen molar-refractivity contribution in [3.8, 4) is 0 Å². The summed E-state index contributed by atoms with van der Waals surface area (Å²) in [4.78, 5) is 0. The molecular weight excluding hydrogens is 208 g/mol. The van der Waals surface area contributed by atoms with Crippen molar-refractivity contribution in [2.75, 3.05) is 0 Å². The summed E-state index contributed by atoms with van der Waals surface area (Å²) >= 11 is 0. The molecule has 0 spiro atoms. The van der Waals surface area contributed by atoms with Crippen molar-refractivity contribution in [3.63, 3.8) is 0 Å². The van der Waals surface area contributed by atoms with Crippen molar-refractivity contribution in [1.82, 2.24) is 0 Å². The third-order valence-corrected chi connectivity index (χ3v) is 2.60. The average Bonchev–Trinajstić information content (AvgIpc) is 2.40. The van der Waals surface area contributed by atoms with E-state index in [2.05, 4.69) is 30.3 Å². The molecule has 1 heteroatoms. The molecule has 0 aliphatic carbocycles. The number of aliphatic hydroxyl groups excluding tert-OH is 1. The molecule has 0 aliphatic rings. The van der Waals surface area contributed by atoms with Crippen LogP contribution in [0.2, 0.25) is 0 Å². The van der Waals surface area contributed by atoms with E-state index in [0.717, 1.165) is 16.7 Å². The Kier molecular flexibility index (Phi) is 4.11. The zero-order valence-corrected chi connectivity index (χ0v) is 9.58. The second kappa shape index (κ2) is 6.02. The Bertz CT molecular complexity index is 471. The highest BCUT2D eigenvalue weighted by molar-refractivity contribution is 5.81. The molecular formula is C16H15O. The van der Waals surface area contributed by atoms with Crippen LogP contribution >= 0.6 is 0 Å². The quantitative estimate of drug-likeness (QED) is 0.772. The van der Waals surface area contributed by atoms with E-state index < -0.39 is 0 Å². The van der Waals surface area contributed by atoms with Gasteiger partial charge in [0.2, 0.25) is 0 Å². The highest BCUT2D eigenvalue weighted by Gasteiger charge is 2.00. The summed E-state index contributed by atoms with van der Waals surface area (Å²) in [6, 6.07) is 20.2. The van der Waals surface area contributed by atoms with Gasteiger partial charge in [-0.1, -0.05) is 66.7 Å². The predicted octanol–water partition coefficient (Wildman–Crippen LogP) is 4.15. The highest BCUT2D eigenvalue weighted by Crippen LogP contribution is 2.21. The normalized spacial score (nSPS) is 11.5. The van der Waals surface area contributed by atoms with Gasteiger partial charge in [0.05, 0.1) is 6.61 Å². The van der Waals surface area contributed by atoms with E-state index in [1.54, 1.807) is 0 Å². The fourth-order valence-corrected chi connectivity index (χ4v) is 1.76. The van der Waals surface area contributed by atoms with Crippen LogP contribution in [-0.4, -0.2) is 5.11 Å². The molecule has 0 saturated heterocycles. The smallest absolute Gasteiger partial charge is 0.0842 e. The first-order chi connectivity index (χ1) is 8.40. The molecule has 1 nitrogen and oxygen atoms in total. The third kappa shape index (κ3) is 3.30. The number of aliphatic hydroxyl groups is 1. The molecule has 2 aromatic rings. The van der Waals surface area contributed by atoms with Crippen LogP contribution in [0.1, 0.15) is 17.5 Å². The van der Waals surface area contributed by atoms with Gasteiger partial charge in [-0.3, -0.25) is 0 Å². The molecule has 0 amide bonds. The summed E-state index contributed by atoms with van der Waals surface area (Å²) in [6.45, 7) is 1.20. The first kappa shape index (κ1) is 11.6. The molecule has 0 bridgehead atoms. The molecule has 2 rings (SSSR count). The molecule has 85 valence electrons. The van der Waals surface area contributed by atoms with Gasteiger partial charge >= 0.3 is 0 Å². The lowest BCUT2D eigenvalue weighted by atomic mass is 10.0. The molecule has 0 aliphatic heterocycles. The lowest BCUT2D eigenvalue weighted by molar-refractivity contribution is 0.390. The van der Waals surface area contributed by atoms with Gasteiger partial charge < -0.3 is 5.11 Å². The first-order valence-electron chi connectivity index (χ1n) is 5.67. The van der Waals surface area contributed by atoms with E-state index in [0.29, 0.717) is 6.42 Å². The van der Waals surface area contributed by atoms with E-state index in [1.807, 2.05) is 36.4 Å². The van der Waals surface area contributed by atoms with Crippen molar-refractivity contribution in [2.45, 2.75) is 6.42 Å². The number of benzene rings is 2. The van der Waals surface area contributed by atoms with E-state index in [1.165, 1.54) is 6.61 Å². The van der Waals surface area contributed by atoms with E-state index in [9.17, 15) is 0 Å². The topological polar surface area (TPSA) is 20.2 Å². The predicted molar refractivity (Wildman–Crippen MR) is 71.6 cm³/mol. The number of rotatable bonds is 4. The van der Waals surface area contributed by atoms with Crippen molar-refractivity contribution in [2.24, 2.45) is 0 Å². The minimum Gasteiger partial charge on any atom is -0.390 e. The Balaban J connectivity index is 2.33. The van der Waals surface area contributed by atoms with Gasteiger partial charge in [-0.25, -0.2) is 0 Å². The minimum absolute atomic E-state index is 0.554. The van der Waals surface area contributed by atoms with Gasteiger partial charge in [-0.15, -0.1) is 0 Å². The van der Waals surface area contributed by atoms with E-state index in [-0.39, 0.29) is 0 Å². The molecule has 0 aromatic heterocycles. The van der Waals surface area contributed by atoms with E-state index in [4.69, 9.17) is 5.11 Å². The van der Waals surface area contributed by atoms with Crippen molar-refractivity contribution < 1.29 is 5.11 Å². The summed E-state index contributed by atoms with van der Waals surface area (Å²) in [5, 5.41) is 9.01. The van der Waals surface area contributed by atoms with Gasteiger partial charge in [-0.05, 0) is 16.7 Å². The largest absolute Gasteiger partial charge is 0.390 e. The van der Waals surface area contributed by atoms with Crippen molar-refractivity contribution in [1.29, 1.82) is 0 Å². The van der Waals surface area contributed by atoms with Crippen LogP contribution in [0.3, 0.4) is 0 Å². The van der Waals surface area contributed by atoms with Crippen molar-refractivity contribution in [3.05, 3.63) is 78.4 Å². The number of hydrogen-bond acceptors (Lipinski definition) is 1. The zero-order valence-electron chi connectivity index (χ0n) is 9.58. The lowest BCUT2D eigenvalue weighted by Gasteiger charge is -2.06. The van der Waals surface area contributed by atoms with Gasteiger partial charge in [0.1, 0.15) is 0 Å². The molecule has 0 saturated carbocycles. The van der Waals surface area contributed by atoms with Crippen LogP contribution < -0.4 is 0 Å². The first-order valence-corrected chi connectivity index (χ1v) is 5.67. The average molecular weight is 223 g/mol. The summed E-state index contributed by atoms with van der Waals surface area (Å²) in [6.07, 6.45) is 2.65. The summed E-state index contributed by atoms with van der Waals surface area (Å²) in [7, 11) is 0. The third-order valence-electron chi connectivity index (χ3n) is 2.60. The van der Waals surface area contributed by atoms with Crippen LogP contribution in [0.4, 0.5) is 0 Å². The molecule has 1 radical (unpaired) electrons. The minimum atomic E-state index is 0.554. The Morgan fingerprint density at radius 2 is 1.47 bits per heavy atom. The summed E-state index contributed by atoms with van der Waals surface area (Å²) in [5.74, 6) is 0. The van der Waals surface area contributed by atoms with Gasteiger partial charge in [0.25, 0.3) is 0 Å². The second-order valence-electron chi connectivity index (χ2n) is 3.83. The van der Waals surface area contributed by atoms with Crippen LogP contribution in [0.15, 0.2) is 60.7 Å². The van der Waals surface area contributed by atoms with Crippen molar-refractivity contribution >= 4 is 11.6 Å². The Hall–Kier alpha value is -1.86. The molecule has 0 heterocycles. The van der Waals surface area contributed by atoms with Crippen LogP contribution in [-0.2, 0) is 0 Å². The Morgan fingerprint density at radius 1 is 0.882 bits per heavy atom. The Morgan fingerprint density at radius 3 is 2.06 bits per heavy atom. The fourth-order valence-electron chi connectivity index (χ4n) is 1.76. The number of hydrogen-bond donors (Lipinski definition) is 1. The van der Waals surface area contributed by atoms with E-state index >= 15 is 0 Å². The summed E-state index contributed by atoms with van der Waals surface area (Å²) in [5.41, 5.74) is 3.40. The van der Waals surface area contributed by atoms with Gasteiger partial charge in [0.15, 0.2) is 0 Å².